The van der Waals surface area contributed by atoms with E-state index in [1.807, 2.05) is 6.26 Å². The van der Waals surface area contributed by atoms with E-state index in [2.05, 4.69) is 26.6 Å². The summed E-state index contributed by atoms with van der Waals surface area (Å²) in [5.41, 5.74) is 0.366. The van der Waals surface area contributed by atoms with E-state index in [0.29, 0.717) is 17.9 Å². The summed E-state index contributed by atoms with van der Waals surface area (Å²) in [6.45, 7) is 0. The van der Waals surface area contributed by atoms with Crippen LogP contribution in [-0.4, -0.2) is 35.2 Å². The Bertz CT molecular complexity index is 502. The molecule has 0 heterocycles. The van der Waals surface area contributed by atoms with Crippen molar-refractivity contribution in [1.29, 1.82) is 0 Å². The van der Waals surface area contributed by atoms with Crippen LogP contribution in [0, 0.1) is 5.82 Å². The fraction of sp³-hybridized carbons (Fsp3) is 0.333. The van der Waals surface area contributed by atoms with Crippen molar-refractivity contribution in [2.24, 2.45) is 0 Å². The third-order valence-corrected chi connectivity index (χ3v) is 3.64. The maximum absolute atomic E-state index is 13.0. The Kier molecular flexibility index (Phi) is 6.80. The molecule has 20 heavy (non-hydrogen) atoms. The van der Waals surface area contributed by atoms with Crippen molar-refractivity contribution in [2.45, 2.75) is 12.5 Å². The number of anilines is 1. The molecule has 0 bridgehead atoms. The Hall–Kier alpha value is -1.28. The van der Waals surface area contributed by atoms with Gasteiger partial charge in [-0.2, -0.15) is 11.8 Å². The summed E-state index contributed by atoms with van der Waals surface area (Å²) in [5.74, 6) is -0.909. The molecule has 8 heteroatoms. The second kappa shape index (κ2) is 8.11. The van der Waals surface area contributed by atoms with Crippen LogP contribution >= 0.6 is 27.7 Å². The van der Waals surface area contributed by atoms with Gasteiger partial charge in [0.2, 0.25) is 0 Å². The maximum atomic E-state index is 13.0. The average molecular weight is 365 g/mol. The second-order valence-electron chi connectivity index (χ2n) is 3.90. The summed E-state index contributed by atoms with van der Waals surface area (Å²) >= 11 is 4.50. The first-order chi connectivity index (χ1) is 9.43. The van der Waals surface area contributed by atoms with Crippen LogP contribution < -0.4 is 10.6 Å². The SMILES string of the molecule is CSCCC(NC(=O)Nc1ccc(F)c(Br)c1)C(=O)O. The Balaban J connectivity index is 2.60. The summed E-state index contributed by atoms with van der Waals surface area (Å²) in [5, 5.41) is 13.8. The van der Waals surface area contributed by atoms with Crippen LogP contribution in [0.3, 0.4) is 0 Å². The number of carbonyl (C=O) groups is 2. The smallest absolute Gasteiger partial charge is 0.326 e. The van der Waals surface area contributed by atoms with Crippen LogP contribution in [0.5, 0.6) is 0 Å². The van der Waals surface area contributed by atoms with E-state index in [0.717, 1.165) is 0 Å². The van der Waals surface area contributed by atoms with Crippen molar-refractivity contribution in [1.82, 2.24) is 5.32 Å². The van der Waals surface area contributed by atoms with Crippen LogP contribution in [0.2, 0.25) is 0 Å². The molecular weight excluding hydrogens is 351 g/mol. The minimum atomic E-state index is -1.09. The number of carbonyl (C=O) groups excluding carboxylic acids is 1. The van der Waals surface area contributed by atoms with Gasteiger partial charge in [-0.15, -0.1) is 0 Å². The number of urea groups is 1. The molecular formula is C12H14BrFN2O3S. The number of halogens is 2. The van der Waals surface area contributed by atoms with Crippen molar-refractivity contribution in [2.75, 3.05) is 17.3 Å². The molecule has 110 valence electrons. The van der Waals surface area contributed by atoms with Crippen LogP contribution in [0.1, 0.15) is 6.42 Å². The normalized spacial score (nSPS) is 11.8. The van der Waals surface area contributed by atoms with Crippen LogP contribution in [0.25, 0.3) is 0 Å². The van der Waals surface area contributed by atoms with Crippen molar-refractivity contribution < 1.29 is 19.1 Å². The predicted octanol–water partition coefficient (Wildman–Crippen LogP) is 2.92. The fourth-order valence-corrected chi connectivity index (χ4v) is 2.24. The molecule has 0 saturated heterocycles. The van der Waals surface area contributed by atoms with E-state index in [1.54, 1.807) is 0 Å². The van der Waals surface area contributed by atoms with Crippen LogP contribution in [0.4, 0.5) is 14.9 Å². The highest BCUT2D eigenvalue weighted by Gasteiger charge is 2.19. The highest BCUT2D eigenvalue weighted by atomic mass is 79.9. The molecule has 0 radical (unpaired) electrons. The van der Waals surface area contributed by atoms with E-state index in [9.17, 15) is 14.0 Å². The number of aliphatic carboxylic acids is 1. The number of nitrogens with one attached hydrogen (secondary N) is 2. The van der Waals surface area contributed by atoms with Gasteiger partial charge in [0.1, 0.15) is 11.9 Å². The van der Waals surface area contributed by atoms with Gasteiger partial charge in [0.05, 0.1) is 4.47 Å². The highest BCUT2D eigenvalue weighted by Crippen LogP contribution is 2.19. The van der Waals surface area contributed by atoms with Gasteiger partial charge >= 0.3 is 12.0 Å². The maximum Gasteiger partial charge on any atom is 0.326 e. The largest absolute Gasteiger partial charge is 0.480 e. The van der Waals surface area contributed by atoms with E-state index in [-0.39, 0.29) is 4.47 Å². The fourth-order valence-electron chi connectivity index (χ4n) is 1.39. The highest BCUT2D eigenvalue weighted by molar-refractivity contribution is 9.10. The van der Waals surface area contributed by atoms with Gasteiger partial charge in [0.25, 0.3) is 0 Å². The molecule has 1 unspecified atom stereocenters. The molecule has 1 aromatic rings. The molecule has 0 aliphatic rings. The van der Waals surface area contributed by atoms with Crippen molar-refractivity contribution in [3.05, 3.63) is 28.5 Å². The standard InChI is InChI=1S/C12H14BrFN2O3S/c1-20-5-4-10(11(17)18)16-12(19)15-7-2-3-9(14)8(13)6-7/h2-3,6,10H,4-5H2,1H3,(H,17,18)(H2,15,16,19). The first kappa shape index (κ1) is 16.8. The number of carboxylic acid groups (broad SMARTS) is 1. The van der Waals surface area contributed by atoms with E-state index < -0.39 is 23.9 Å². The average Bonchev–Trinajstić information content (AvgIpc) is 2.38. The van der Waals surface area contributed by atoms with Gasteiger partial charge in [-0.25, -0.2) is 14.0 Å². The lowest BCUT2D eigenvalue weighted by Gasteiger charge is -2.14. The van der Waals surface area contributed by atoms with Crippen molar-refractivity contribution in [3.63, 3.8) is 0 Å². The van der Waals surface area contributed by atoms with Crippen LogP contribution in [-0.2, 0) is 4.79 Å². The Morgan fingerprint density at radius 3 is 2.75 bits per heavy atom. The topological polar surface area (TPSA) is 78.4 Å². The molecule has 0 saturated carbocycles. The van der Waals surface area contributed by atoms with Gasteiger partial charge in [0, 0.05) is 5.69 Å². The van der Waals surface area contributed by atoms with Gasteiger partial charge < -0.3 is 15.7 Å². The van der Waals surface area contributed by atoms with Gasteiger partial charge in [0.15, 0.2) is 0 Å². The molecule has 0 aliphatic carbocycles. The molecule has 1 aromatic carbocycles. The lowest BCUT2D eigenvalue weighted by Crippen LogP contribution is -2.43. The zero-order valence-electron chi connectivity index (χ0n) is 10.7. The van der Waals surface area contributed by atoms with Crippen molar-refractivity contribution in [3.8, 4) is 0 Å². The van der Waals surface area contributed by atoms with E-state index in [4.69, 9.17) is 5.11 Å². The molecule has 0 aromatic heterocycles. The summed E-state index contributed by atoms with van der Waals surface area (Å²) in [6, 6.07) is 2.38. The molecule has 0 aliphatic heterocycles. The van der Waals surface area contributed by atoms with E-state index in [1.165, 1.54) is 30.0 Å². The second-order valence-corrected chi connectivity index (χ2v) is 5.74. The van der Waals surface area contributed by atoms with Crippen molar-refractivity contribution >= 4 is 45.4 Å². The number of thioether (sulfide) groups is 1. The molecule has 3 N–H and O–H groups in total. The predicted molar refractivity (Wildman–Crippen MR) is 80.7 cm³/mol. The number of benzene rings is 1. The minimum Gasteiger partial charge on any atom is -0.480 e. The molecule has 2 amide bonds. The number of rotatable bonds is 6. The number of hydrogen-bond donors (Lipinski definition) is 3. The first-order valence-electron chi connectivity index (χ1n) is 5.68. The van der Waals surface area contributed by atoms with Crippen LogP contribution in [0.15, 0.2) is 22.7 Å². The minimum absolute atomic E-state index is 0.215. The lowest BCUT2D eigenvalue weighted by molar-refractivity contribution is -0.139. The number of carboxylic acids is 1. The number of amides is 2. The third-order valence-electron chi connectivity index (χ3n) is 2.39. The summed E-state index contributed by atoms with van der Waals surface area (Å²) < 4.78 is 13.3. The Morgan fingerprint density at radius 2 is 2.20 bits per heavy atom. The molecule has 0 spiro atoms. The quantitative estimate of drug-likeness (QED) is 0.724. The summed E-state index contributed by atoms with van der Waals surface area (Å²) in [4.78, 5) is 22.7. The third kappa shape index (κ3) is 5.38. The lowest BCUT2D eigenvalue weighted by atomic mass is 10.2. The summed E-state index contributed by atoms with van der Waals surface area (Å²) in [7, 11) is 0. The monoisotopic (exact) mass is 364 g/mol. The Morgan fingerprint density at radius 1 is 1.50 bits per heavy atom. The zero-order chi connectivity index (χ0) is 15.1. The van der Waals surface area contributed by atoms with Gasteiger partial charge in [-0.05, 0) is 52.6 Å². The molecule has 0 fully saturated rings. The Labute approximate surface area is 128 Å². The molecule has 1 rings (SSSR count). The molecule has 1 atom stereocenters. The zero-order valence-corrected chi connectivity index (χ0v) is 13.1. The first-order valence-corrected chi connectivity index (χ1v) is 7.87. The van der Waals surface area contributed by atoms with Gasteiger partial charge in [-0.1, -0.05) is 0 Å². The van der Waals surface area contributed by atoms with Gasteiger partial charge in [-0.3, -0.25) is 0 Å². The summed E-state index contributed by atoms with van der Waals surface area (Å²) in [6.07, 6.45) is 2.19. The van der Waals surface area contributed by atoms with E-state index >= 15 is 0 Å². The number of hydrogen-bond acceptors (Lipinski definition) is 3. The molecule has 5 nitrogen and oxygen atoms in total.